The van der Waals surface area contributed by atoms with E-state index in [0.29, 0.717) is 11.5 Å². The van der Waals surface area contributed by atoms with E-state index in [1.807, 2.05) is 12.1 Å². The summed E-state index contributed by atoms with van der Waals surface area (Å²) in [6.45, 7) is 9.12. The minimum Gasteiger partial charge on any atom is -0.465 e. The average Bonchev–Trinajstić information content (AvgIpc) is 2.46. The first-order valence-electron chi connectivity index (χ1n) is 7.35. The number of methoxy groups -OCH3 is 1. The number of nitrogens with zero attached hydrogens (tertiary/aromatic N) is 1. The molecule has 3 nitrogen and oxygen atoms in total. The monoisotopic (exact) mass is 275 g/mol. The van der Waals surface area contributed by atoms with Crippen molar-refractivity contribution < 1.29 is 9.53 Å². The van der Waals surface area contributed by atoms with E-state index in [9.17, 15) is 4.79 Å². The molecule has 1 fully saturated rings. The van der Waals surface area contributed by atoms with Gasteiger partial charge >= 0.3 is 5.97 Å². The van der Waals surface area contributed by atoms with Gasteiger partial charge in [-0.25, -0.2) is 4.79 Å². The fourth-order valence-electron chi connectivity index (χ4n) is 2.89. The fourth-order valence-corrected chi connectivity index (χ4v) is 2.89. The van der Waals surface area contributed by atoms with E-state index in [1.54, 1.807) is 0 Å². The lowest BCUT2D eigenvalue weighted by Crippen LogP contribution is -2.45. The molecule has 0 N–H and O–H groups in total. The number of piperidine rings is 1. The molecule has 1 aliphatic heterocycles. The fraction of sp³-hybridized carbons (Fsp3) is 0.588. The van der Waals surface area contributed by atoms with Crippen LogP contribution in [0.1, 0.15) is 55.5 Å². The SMILES string of the molecule is COC(=O)c1ccc(C2CCN(C(C)(C)C)CC2)cc1. The molecule has 0 spiro atoms. The van der Waals surface area contributed by atoms with E-state index >= 15 is 0 Å². The van der Waals surface area contributed by atoms with Crippen molar-refractivity contribution in [3.05, 3.63) is 35.4 Å². The number of hydrogen-bond acceptors (Lipinski definition) is 3. The summed E-state index contributed by atoms with van der Waals surface area (Å²) in [7, 11) is 1.42. The highest BCUT2D eigenvalue weighted by Crippen LogP contribution is 2.31. The molecule has 0 saturated carbocycles. The second-order valence-corrected chi connectivity index (χ2v) is 6.55. The minimum atomic E-state index is -0.265. The van der Waals surface area contributed by atoms with Gasteiger partial charge in [-0.05, 0) is 70.3 Å². The van der Waals surface area contributed by atoms with E-state index in [-0.39, 0.29) is 11.5 Å². The predicted molar refractivity (Wildman–Crippen MR) is 81.1 cm³/mol. The number of rotatable bonds is 2. The molecule has 0 aromatic heterocycles. The van der Waals surface area contributed by atoms with Gasteiger partial charge in [-0.15, -0.1) is 0 Å². The quantitative estimate of drug-likeness (QED) is 0.774. The molecule has 1 aromatic rings. The lowest BCUT2D eigenvalue weighted by atomic mass is 9.87. The van der Waals surface area contributed by atoms with Crippen molar-refractivity contribution in [3.8, 4) is 0 Å². The summed E-state index contributed by atoms with van der Waals surface area (Å²) in [5.74, 6) is 0.347. The first kappa shape index (κ1) is 15.0. The van der Waals surface area contributed by atoms with Crippen LogP contribution in [0, 0.1) is 0 Å². The molecule has 1 aliphatic rings. The zero-order chi connectivity index (χ0) is 14.8. The topological polar surface area (TPSA) is 29.5 Å². The molecule has 3 heteroatoms. The molecule has 0 amide bonds. The Hall–Kier alpha value is -1.35. The zero-order valence-electron chi connectivity index (χ0n) is 13.0. The van der Waals surface area contributed by atoms with Crippen molar-refractivity contribution in [3.63, 3.8) is 0 Å². The molecule has 2 rings (SSSR count). The molecule has 1 saturated heterocycles. The van der Waals surface area contributed by atoms with Crippen LogP contribution < -0.4 is 0 Å². The van der Waals surface area contributed by atoms with Crippen LogP contribution in [0.3, 0.4) is 0 Å². The maximum atomic E-state index is 11.4. The summed E-state index contributed by atoms with van der Waals surface area (Å²) in [6.07, 6.45) is 2.38. The van der Waals surface area contributed by atoms with Gasteiger partial charge in [0.15, 0.2) is 0 Å². The van der Waals surface area contributed by atoms with Crippen molar-refractivity contribution >= 4 is 5.97 Å². The lowest BCUT2D eigenvalue weighted by Gasteiger charge is -2.41. The maximum Gasteiger partial charge on any atom is 0.337 e. The van der Waals surface area contributed by atoms with Crippen LogP contribution in [0.15, 0.2) is 24.3 Å². The third kappa shape index (κ3) is 3.40. The third-order valence-corrected chi connectivity index (χ3v) is 4.25. The Morgan fingerprint density at radius 3 is 2.15 bits per heavy atom. The van der Waals surface area contributed by atoms with Crippen molar-refractivity contribution in [2.24, 2.45) is 0 Å². The number of benzene rings is 1. The summed E-state index contributed by atoms with van der Waals surface area (Å²) in [4.78, 5) is 14.0. The van der Waals surface area contributed by atoms with Crippen LogP contribution in [0.5, 0.6) is 0 Å². The van der Waals surface area contributed by atoms with Crippen LogP contribution >= 0.6 is 0 Å². The van der Waals surface area contributed by atoms with E-state index in [1.165, 1.54) is 25.5 Å². The highest BCUT2D eigenvalue weighted by Gasteiger charge is 2.27. The molecule has 110 valence electrons. The summed E-state index contributed by atoms with van der Waals surface area (Å²) < 4.78 is 4.73. The Morgan fingerprint density at radius 1 is 1.15 bits per heavy atom. The molecule has 0 bridgehead atoms. The van der Waals surface area contributed by atoms with Crippen molar-refractivity contribution in [1.29, 1.82) is 0 Å². The number of hydrogen-bond donors (Lipinski definition) is 0. The third-order valence-electron chi connectivity index (χ3n) is 4.25. The van der Waals surface area contributed by atoms with Gasteiger partial charge < -0.3 is 4.74 Å². The first-order valence-corrected chi connectivity index (χ1v) is 7.35. The Morgan fingerprint density at radius 2 is 1.70 bits per heavy atom. The van der Waals surface area contributed by atoms with Crippen LogP contribution in [0.4, 0.5) is 0 Å². The first-order chi connectivity index (χ1) is 9.41. The number of esters is 1. The summed E-state index contributed by atoms with van der Waals surface area (Å²) in [6, 6.07) is 7.89. The number of carbonyl (C=O) groups is 1. The molecule has 1 heterocycles. The second-order valence-electron chi connectivity index (χ2n) is 6.55. The van der Waals surface area contributed by atoms with Crippen LogP contribution in [0.2, 0.25) is 0 Å². The smallest absolute Gasteiger partial charge is 0.337 e. The van der Waals surface area contributed by atoms with Crippen molar-refractivity contribution in [2.75, 3.05) is 20.2 Å². The van der Waals surface area contributed by atoms with E-state index in [2.05, 4.69) is 37.8 Å². The van der Waals surface area contributed by atoms with Crippen LogP contribution in [-0.4, -0.2) is 36.6 Å². The normalized spacial score (nSPS) is 18.0. The molecule has 1 aromatic carbocycles. The highest BCUT2D eigenvalue weighted by atomic mass is 16.5. The molecular weight excluding hydrogens is 250 g/mol. The molecule has 0 aliphatic carbocycles. The summed E-state index contributed by atoms with van der Waals surface area (Å²) in [5.41, 5.74) is 2.23. The molecule has 0 radical (unpaired) electrons. The average molecular weight is 275 g/mol. The molecule has 20 heavy (non-hydrogen) atoms. The number of likely N-dealkylation sites (tertiary alicyclic amines) is 1. The Kier molecular flexibility index (Phi) is 4.48. The van der Waals surface area contributed by atoms with Gasteiger partial charge in [-0.3, -0.25) is 4.90 Å². The number of carbonyl (C=O) groups excluding carboxylic acids is 1. The molecule has 0 atom stereocenters. The molecule has 0 unspecified atom stereocenters. The van der Waals surface area contributed by atoms with Gasteiger partial charge in [0, 0.05) is 5.54 Å². The predicted octanol–water partition coefficient (Wildman–Crippen LogP) is 3.45. The Balaban J connectivity index is 1.99. The van der Waals surface area contributed by atoms with Gasteiger partial charge in [0.25, 0.3) is 0 Å². The van der Waals surface area contributed by atoms with Gasteiger partial charge in [0.05, 0.1) is 12.7 Å². The minimum absolute atomic E-state index is 0.264. The van der Waals surface area contributed by atoms with Crippen molar-refractivity contribution in [1.82, 2.24) is 4.90 Å². The number of ether oxygens (including phenoxy) is 1. The van der Waals surface area contributed by atoms with Crippen LogP contribution in [0.25, 0.3) is 0 Å². The van der Waals surface area contributed by atoms with Crippen LogP contribution in [-0.2, 0) is 4.74 Å². The van der Waals surface area contributed by atoms with E-state index < -0.39 is 0 Å². The Labute approximate surface area is 121 Å². The summed E-state index contributed by atoms with van der Waals surface area (Å²) >= 11 is 0. The van der Waals surface area contributed by atoms with E-state index in [4.69, 9.17) is 4.74 Å². The standard InChI is InChI=1S/C17H25NO2/c1-17(2,3)18-11-9-14(10-12-18)13-5-7-15(8-6-13)16(19)20-4/h5-8,14H,9-12H2,1-4H3. The molecular formula is C17H25NO2. The van der Waals surface area contributed by atoms with Gasteiger partial charge in [-0.1, -0.05) is 12.1 Å². The van der Waals surface area contributed by atoms with Gasteiger partial charge in [-0.2, -0.15) is 0 Å². The maximum absolute atomic E-state index is 11.4. The Bertz CT molecular complexity index is 451. The lowest BCUT2D eigenvalue weighted by molar-refractivity contribution is 0.0600. The zero-order valence-corrected chi connectivity index (χ0v) is 13.0. The van der Waals surface area contributed by atoms with E-state index in [0.717, 1.165) is 13.1 Å². The largest absolute Gasteiger partial charge is 0.465 e. The highest BCUT2D eigenvalue weighted by molar-refractivity contribution is 5.89. The van der Waals surface area contributed by atoms with Gasteiger partial charge in [0.1, 0.15) is 0 Å². The van der Waals surface area contributed by atoms with Gasteiger partial charge in [0.2, 0.25) is 0 Å². The second kappa shape index (κ2) is 5.96. The summed E-state index contributed by atoms with van der Waals surface area (Å²) in [5, 5.41) is 0. The van der Waals surface area contributed by atoms with Crippen molar-refractivity contribution in [2.45, 2.75) is 45.1 Å².